The van der Waals surface area contributed by atoms with Gasteiger partial charge in [-0.3, -0.25) is 9.48 Å². The molecule has 2 aromatic carbocycles. The molecule has 7 heteroatoms. The van der Waals surface area contributed by atoms with Gasteiger partial charge >= 0.3 is 0 Å². The van der Waals surface area contributed by atoms with Crippen molar-refractivity contribution < 1.29 is 9.53 Å². The summed E-state index contributed by atoms with van der Waals surface area (Å²) in [6, 6.07) is 13.8. The topological polar surface area (TPSA) is 76.0 Å². The molecule has 1 amide bonds. The van der Waals surface area contributed by atoms with Crippen molar-refractivity contribution in [1.29, 1.82) is 0 Å². The van der Waals surface area contributed by atoms with Crippen LogP contribution in [0.5, 0.6) is 5.75 Å². The molecule has 30 heavy (non-hydrogen) atoms. The number of imidazole rings is 1. The van der Waals surface area contributed by atoms with Gasteiger partial charge < -0.3 is 14.6 Å². The van der Waals surface area contributed by atoms with Gasteiger partial charge in [-0.1, -0.05) is 18.2 Å². The van der Waals surface area contributed by atoms with Crippen LogP contribution in [0.2, 0.25) is 0 Å². The highest BCUT2D eigenvalue weighted by Gasteiger charge is 2.46. The van der Waals surface area contributed by atoms with E-state index >= 15 is 0 Å². The maximum Gasteiger partial charge on any atom is 0.256 e. The number of aromatic nitrogens is 4. The van der Waals surface area contributed by atoms with Crippen LogP contribution in [0.15, 0.2) is 55.0 Å². The largest absolute Gasteiger partial charge is 0.482 e. The molecule has 1 fully saturated rings. The van der Waals surface area contributed by atoms with E-state index in [1.807, 2.05) is 59.2 Å². The highest BCUT2D eigenvalue weighted by atomic mass is 16.5. The molecule has 2 aliphatic heterocycles. The zero-order valence-electron chi connectivity index (χ0n) is 16.6. The Kier molecular flexibility index (Phi) is 3.56. The summed E-state index contributed by atoms with van der Waals surface area (Å²) < 4.78 is 8.51. The fourth-order valence-electron chi connectivity index (χ4n) is 4.86. The Labute approximate surface area is 173 Å². The van der Waals surface area contributed by atoms with Gasteiger partial charge in [-0.25, -0.2) is 4.98 Å². The van der Waals surface area contributed by atoms with Gasteiger partial charge in [0.05, 0.1) is 29.3 Å². The molecular weight excluding hydrogens is 378 g/mol. The number of benzene rings is 2. The number of H-pyrrole nitrogens is 1. The van der Waals surface area contributed by atoms with Gasteiger partial charge in [-0.2, -0.15) is 5.10 Å². The zero-order valence-corrected chi connectivity index (χ0v) is 16.6. The van der Waals surface area contributed by atoms with E-state index in [2.05, 4.69) is 21.1 Å². The van der Waals surface area contributed by atoms with Crippen LogP contribution in [0.3, 0.4) is 0 Å². The van der Waals surface area contributed by atoms with Crippen LogP contribution in [-0.4, -0.2) is 43.6 Å². The second kappa shape index (κ2) is 6.19. The smallest absolute Gasteiger partial charge is 0.256 e. The van der Waals surface area contributed by atoms with Crippen LogP contribution in [-0.2, 0) is 12.6 Å². The highest BCUT2D eigenvalue weighted by Crippen LogP contribution is 2.49. The highest BCUT2D eigenvalue weighted by molar-refractivity contribution is 6.04. The lowest BCUT2D eigenvalue weighted by Crippen LogP contribution is -2.49. The lowest BCUT2D eigenvalue weighted by molar-refractivity contribution is -0.00166. The van der Waals surface area contributed by atoms with Crippen molar-refractivity contribution in [2.75, 3.05) is 13.1 Å². The minimum atomic E-state index is -0.451. The van der Waals surface area contributed by atoms with E-state index in [1.54, 1.807) is 6.33 Å². The number of hydrogen-bond acceptors (Lipinski definition) is 4. The molecule has 1 N–H and O–H groups in total. The van der Waals surface area contributed by atoms with Crippen LogP contribution < -0.4 is 4.74 Å². The summed E-state index contributed by atoms with van der Waals surface area (Å²) in [5.41, 5.74) is 5.08. The number of carbonyl (C=O) groups excluding carboxylic acids is 1. The van der Waals surface area contributed by atoms with Crippen molar-refractivity contribution in [1.82, 2.24) is 24.6 Å². The van der Waals surface area contributed by atoms with Crippen molar-refractivity contribution in [3.8, 4) is 17.0 Å². The number of fused-ring (bicyclic) bond motifs is 5. The molecule has 1 spiro atoms. The van der Waals surface area contributed by atoms with E-state index in [-0.39, 0.29) is 5.91 Å². The normalized spacial score (nSPS) is 16.9. The van der Waals surface area contributed by atoms with Crippen LogP contribution >= 0.6 is 0 Å². The maximum atomic E-state index is 13.2. The predicted molar refractivity (Wildman–Crippen MR) is 112 cm³/mol. The number of amides is 1. The van der Waals surface area contributed by atoms with Crippen molar-refractivity contribution >= 4 is 16.9 Å². The SMILES string of the molecule is Cn1ncc2c1-c1ccccc1OC21CCN(C(=O)c2cccc3[nH]cnc23)CC1. The number of likely N-dealkylation sites (tertiary alicyclic amines) is 1. The minimum absolute atomic E-state index is 0.0187. The summed E-state index contributed by atoms with van der Waals surface area (Å²) in [6.07, 6.45) is 5.00. The van der Waals surface area contributed by atoms with Crippen LogP contribution in [0.4, 0.5) is 0 Å². The molecule has 0 aliphatic carbocycles. The molecule has 0 saturated carbocycles. The Morgan fingerprint density at radius 3 is 2.83 bits per heavy atom. The molecule has 150 valence electrons. The van der Waals surface area contributed by atoms with Crippen molar-refractivity contribution in [3.63, 3.8) is 0 Å². The van der Waals surface area contributed by atoms with Gasteiger partial charge in [0, 0.05) is 44.1 Å². The maximum absolute atomic E-state index is 13.2. The van der Waals surface area contributed by atoms with E-state index in [0.29, 0.717) is 18.7 Å². The third-order valence-electron chi connectivity index (χ3n) is 6.42. The number of rotatable bonds is 1. The first kappa shape index (κ1) is 17.3. The first-order valence-corrected chi connectivity index (χ1v) is 10.2. The molecule has 4 heterocycles. The van der Waals surface area contributed by atoms with Gasteiger partial charge in [0.1, 0.15) is 16.9 Å². The van der Waals surface area contributed by atoms with Crippen molar-refractivity contribution in [2.24, 2.45) is 7.05 Å². The monoisotopic (exact) mass is 399 g/mol. The van der Waals surface area contributed by atoms with E-state index in [4.69, 9.17) is 4.74 Å². The van der Waals surface area contributed by atoms with Gasteiger partial charge in [-0.05, 0) is 24.3 Å². The second-order valence-electron chi connectivity index (χ2n) is 8.02. The molecule has 0 radical (unpaired) electrons. The number of nitrogens with zero attached hydrogens (tertiary/aromatic N) is 4. The third-order valence-corrected chi connectivity index (χ3v) is 6.42. The third kappa shape index (κ3) is 2.35. The van der Waals surface area contributed by atoms with Gasteiger partial charge in [0.2, 0.25) is 0 Å². The first-order valence-electron chi connectivity index (χ1n) is 10.2. The predicted octanol–water partition coefficient (Wildman–Crippen LogP) is 3.49. The van der Waals surface area contributed by atoms with E-state index in [0.717, 1.165) is 46.4 Å². The second-order valence-corrected chi connectivity index (χ2v) is 8.02. The number of aromatic amines is 1. The summed E-state index contributed by atoms with van der Waals surface area (Å²) >= 11 is 0. The van der Waals surface area contributed by atoms with Crippen LogP contribution in [0, 0.1) is 0 Å². The van der Waals surface area contributed by atoms with E-state index < -0.39 is 5.60 Å². The number of nitrogens with one attached hydrogen (secondary N) is 1. The Morgan fingerprint density at radius 2 is 1.97 bits per heavy atom. The van der Waals surface area contributed by atoms with E-state index in [1.165, 1.54) is 0 Å². The molecule has 6 rings (SSSR count). The average Bonchev–Trinajstić information content (AvgIpc) is 3.41. The molecule has 0 unspecified atom stereocenters. The Hall–Kier alpha value is -3.61. The summed E-state index contributed by atoms with van der Waals surface area (Å²) in [4.78, 5) is 22.6. The van der Waals surface area contributed by atoms with Crippen LogP contribution in [0.25, 0.3) is 22.3 Å². The molecule has 2 aliphatic rings. The summed E-state index contributed by atoms with van der Waals surface area (Å²) in [6.45, 7) is 1.24. The number of hydrogen-bond donors (Lipinski definition) is 1. The fraction of sp³-hybridized carbons (Fsp3) is 0.261. The molecular formula is C23H21N5O2. The molecule has 0 bridgehead atoms. The number of carbonyl (C=O) groups is 1. The molecule has 1 saturated heterocycles. The zero-order chi connectivity index (χ0) is 20.3. The molecule has 4 aromatic rings. The first-order chi connectivity index (χ1) is 14.7. The number of piperidine rings is 1. The minimum Gasteiger partial charge on any atom is -0.482 e. The molecule has 0 atom stereocenters. The molecule has 7 nitrogen and oxygen atoms in total. The molecule has 2 aromatic heterocycles. The average molecular weight is 399 g/mol. The van der Waals surface area contributed by atoms with E-state index in [9.17, 15) is 4.79 Å². The van der Waals surface area contributed by atoms with Gasteiger partial charge in [0.25, 0.3) is 5.91 Å². The lowest BCUT2D eigenvalue weighted by Gasteiger charge is -2.44. The fourth-order valence-corrected chi connectivity index (χ4v) is 4.86. The Balaban J connectivity index is 1.32. The van der Waals surface area contributed by atoms with Gasteiger partial charge in [0.15, 0.2) is 0 Å². The standard InChI is InChI=1S/C23H21N5O2/c1-27-21-15-5-2-3-8-19(15)30-23(17(21)13-26-27)9-11-28(12-10-23)22(29)16-6-4-7-18-20(16)25-14-24-18/h2-8,13-14H,9-12H2,1H3,(H,24,25). The van der Waals surface area contributed by atoms with Gasteiger partial charge in [-0.15, -0.1) is 0 Å². The summed E-state index contributed by atoms with van der Waals surface area (Å²) in [5, 5.41) is 4.52. The van der Waals surface area contributed by atoms with Crippen LogP contribution in [0.1, 0.15) is 28.8 Å². The van der Waals surface area contributed by atoms with Crippen molar-refractivity contribution in [3.05, 3.63) is 66.1 Å². The lowest BCUT2D eigenvalue weighted by atomic mass is 9.81. The summed E-state index contributed by atoms with van der Waals surface area (Å²) in [5.74, 6) is 0.903. The Bertz CT molecular complexity index is 1280. The Morgan fingerprint density at radius 1 is 1.13 bits per heavy atom. The number of ether oxygens (including phenoxy) is 1. The quantitative estimate of drug-likeness (QED) is 0.532. The number of para-hydroxylation sites is 2. The van der Waals surface area contributed by atoms with Crippen molar-refractivity contribution in [2.45, 2.75) is 18.4 Å². The summed E-state index contributed by atoms with van der Waals surface area (Å²) in [7, 11) is 1.97. The number of aryl methyl sites for hydroxylation is 1.